The van der Waals surface area contributed by atoms with E-state index >= 15 is 0 Å². The Bertz CT molecular complexity index is 900. The van der Waals surface area contributed by atoms with Crippen molar-refractivity contribution in [3.05, 3.63) is 69.2 Å². The molecule has 0 aliphatic carbocycles. The molecule has 8 heteroatoms. The standard InChI is InChI=1S/C20H18Cl2N2O3S/c1-28-9-8-17(18(25)23-11-12-6-7-13(21)10-16(12)22)24-19(26)14-4-2-3-5-15(14)20(24)27/h2-7,10,17H,8-9,11H2,1H3,(H,23,25)/t17-/m0/s1. The first kappa shape index (κ1) is 20.7. The minimum atomic E-state index is -0.883. The first-order valence-electron chi connectivity index (χ1n) is 8.61. The van der Waals surface area contributed by atoms with E-state index in [2.05, 4.69) is 5.32 Å². The Balaban J connectivity index is 1.79. The van der Waals surface area contributed by atoms with Gasteiger partial charge in [0, 0.05) is 16.6 Å². The highest BCUT2D eigenvalue weighted by Crippen LogP contribution is 2.26. The van der Waals surface area contributed by atoms with Gasteiger partial charge in [0.05, 0.1) is 11.1 Å². The van der Waals surface area contributed by atoms with Gasteiger partial charge in [0.2, 0.25) is 5.91 Å². The summed E-state index contributed by atoms with van der Waals surface area (Å²) < 4.78 is 0. The van der Waals surface area contributed by atoms with Crippen LogP contribution in [0.5, 0.6) is 0 Å². The van der Waals surface area contributed by atoms with Crippen LogP contribution in [0.3, 0.4) is 0 Å². The van der Waals surface area contributed by atoms with Crippen LogP contribution in [0.1, 0.15) is 32.7 Å². The number of halogens is 2. The molecule has 28 heavy (non-hydrogen) atoms. The van der Waals surface area contributed by atoms with E-state index in [1.54, 1.807) is 54.2 Å². The van der Waals surface area contributed by atoms with Gasteiger partial charge in [0.25, 0.3) is 11.8 Å². The van der Waals surface area contributed by atoms with Crippen molar-refractivity contribution in [1.29, 1.82) is 0 Å². The SMILES string of the molecule is CSCC[C@@H](C(=O)NCc1ccc(Cl)cc1Cl)N1C(=O)c2ccccc2C1=O. The van der Waals surface area contributed by atoms with Crippen LogP contribution >= 0.6 is 35.0 Å². The summed E-state index contributed by atoms with van der Waals surface area (Å²) in [5.41, 5.74) is 1.36. The summed E-state index contributed by atoms with van der Waals surface area (Å²) in [4.78, 5) is 39.5. The molecule has 0 unspecified atom stereocenters. The fourth-order valence-electron chi connectivity index (χ4n) is 3.06. The smallest absolute Gasteiger partial charge is 0.262 e. The third-order valence-electron chi connectivity index (χ3n) is 4.50. The minimum Gasteiger partial charge on any atom is -0.350 e. The van der Waals surface area contributed by atoms with Crippen molar-refractivity contribution >= 4 is 52.7 Å². The van der Waals surface area contributed by atoms with Gasteiger partial charge in [-0.3, -0.25) is 19.3 Å². The second-order valence-corrected chi connectivity index (χ2v) is 8.11. The molecule has 2 aromatic rings. The minimum absolute atomic E-state index is 0.174. The Kier molecular flexibility index (Phi) is 6.65. The number of carbonyl (C=O) groups excluding carboxylic acids is 3. The monoisotopic (exact) mass is 436 g/mol. The lowest BCUT2D eigenvalue weighted by atomic mass is 10.1. The van der Waals surface area contributed by atoms with Crippen molar-refractivity contribution < 1.29 is 14.4 Å². The predicted molar refractivity (Wildman–Crippen MR) is 112 cm³/mol. The van der Waals surface area contributed by atoms with E-state index in [0.29, 0.717) is 38.9 Å². The van der Waals surface area contributed by atoms with Gasteiger partial charge in [-0.2, -0.15) is 11.8 Å². The van der Waals surface area contributed by atoms with Gasteiger partial charge in [-0.05, 0) is 48.3 Å². The van der Waals surface area contributed by atoms with E-state index in [4.69, 9.17) is 23.2 Å². The molecular formula is C20H18Cl2N2O3S. The summed E-state index contributed by atoms with van der Waals surface area (Å²) in [6.07, 6.45) is 2.28. The fraction of sp³-hybridized carbons (Fsp3) is 0.250. The molecule has 1 N–H and O–H groups in total. The lowest BCUT2D eigenvalue weighted by Gasteiger charge is -2.25. The quantitative estimate of drug-likeness (QED) is 0.665. The average Bonchev–Trinajstić information content (AvgIpc) is 2.93. The highest BCUT2D eigenvalue weighted by molar-refractivity contribution is 7.98. The number of nitrogens with zero attached hydrogens (tertiary/aromatic N) is 1. The van der Waals surface area contributed by atoms with Crippen LogP contribution in [0.15, 0.2) is 42.5 Å². The number of nitrogens with one attached hydrogen (secondary N) is 1. The Morgan fingerprint density at radius 1 is 1.11 bits per heavy atom. The third kappa shape index (κ3) is 4.19. The molecule has 1 heterocycles. The highest BCUT2D eigenvalue weighted by Gasteiger charge is 2.42. The van der Waals surface area contributed by atoms with E-state index < -0.39 is 23.8 Å². The zero-order chi connectivity index (χ0) is 20.3. The van der Waals surface area contributed by atoms with E-state index in [-0.39, 0.29) is 6.54 Å². The third-order valence-corrected chi connectivity index (χ3v) is 5.73. The number of amides is 3. The maximum Gasteiger partial charge on any atom is 0.262 e. The molecule has 0 aromatic heterocycles. The van der Waals surface area contributed by atoms with E-state index in [1.165, 1.54) is 0 Å². The Hall–Kier alpha value is -2.02. The van der Waals surface area contributed by atoms with E-state index in [1.807, 2.05) is 6.26 Å². The van der Waals surface area contributed by atoms with Gasteiger partial charge in [-0.15, -0.1) is 0 Å². The highest BCUT2D eigenvalue weighted by atomic mass is 35.5. The largest absolute Gasteiger partial charge is 0.350 e. The second-order valence-electron chi connectivity index (χ2n) is 6.28. The van der Waals surface area contributed by atoms with E-state index in [9.17, 15) is 14.4 Å². The number of benzene rings is 2. The van der Waals surface area contributed by atoms with Crippen molar-refractivity contribution in [3.8, 4) is 0 Å². The van der Waals surface area contributed by atoms with Gasteiger partial charge in [0.15, 0.2) is 0 Å². The summed E-state index contributed by atoms with van der Waals surface area (Å²) >= 11 is 13.6. The van der Waals surface area contributed by atoms with Gasteiger partial charge < -0.3 is 5.32 Å². The number of hydrogen-bond donors (Lipinski definition) is 1. The fourth-order valence-corrected chi connectivity index (χ4v) is 4.00. The van der Waals surface area contributed by atoms with Crippen LogP contribution in [-0.2, 0) is 11.3 Å². The van der Waals surface area contributed by atoms with Gasteiger partial charge in [-0.1, -0.05) is 41.4 Å². The summed E-state index contributed by atoms with van der Waals surface area (Å²) in [6.45, 7) is 0.174. The van der Waals surface area contributed by atoms with Crippen LogP contribution in [0.2, 0.25) is 10.0 Å². The Morgan fingerprint density at radius 2 is 1.75 bits per heavy atom. The molecule has 2 aromatic carbocycles. The molecule has 0 bridgehead atoms. The summed E-state index contributed by atoms with van der Waals surface area (Å²) in [5.74, 6) is -0.639. The lowest BCUT2D eigenvalue weighted by molar-refractivity contribution is -0.125. The van der Waals surface area contributed by atoms with Crippen molar-refractivity contribution in [1.82, 2.24) is 10.2 Å². The molecule has 0 saturated heterocycles. The molecule has 0 radical (unpaired) electrons. The van der Waals surface area contributed by atoms with Crippen LogP contribution < -0.4 is 5.32 Å². The van der Waals surface area contributed by atoms with Gasteiger partial charge >= 0.3 is 0 Å². The second kappa shape index (κ2) is 8.99. The molecular weight excluding hydrogens is 419 g/mol. The zero-order valence-corrected chi connectivity index (χ0v) is 17.4. The predicted octanol–water partition coefficient (Wildman–Crippen LogP) is 4.03. The molecule has 0 saturated carbocycles. The Morgan fingerprint density at radius 3 is 2.32 bits per heavy atom. The molecule has 3 amide bonds. The Labute approximate surface area is 177 Å². The molecule has 0 spiro atoms. The molecule has 0 fully saturated rings. The van der Waals surface area contributed by atoms with Crippen molar-refractivity contribution in [2.45, 2.75) is 19.0 Å². The molecule has 5 nitrogen and oxygen atoms in total. The lowest BCUT2D eigenvalue weighted by Crippen LogP contribution is -2.49. The van der Waals surface area contributed by atoms with Gasteiger partial charge in [0.1, 0.15) is 6.04 Å². The first-order valence-corrected chi connectivity index (χ1v) is 10.8. The normalized spacial score (nSPS) is 14.2. The number of rotatable bonds is 7. The van der Waals surface area contributed by atoms with Crippen molar-refractivity contribution in [2.24, 2.45) is 0 Å². The number of imide groups is 1. The number of hydrogen-bond acceptors (Lipinski definition) is 4. The summed E-state index contributed by atoms with van der Waals surface area (Å²) in [5, 5.41) is 3.73. The summed E-state index contributed by atoms with van der Waals surface area (Å²) in [6, 6.07) is 10.7. The average molecular weight is 437 g/mol. The molecule has 3 rings (SSSR count). The van der Waals surface area contributed by atoms with Crippen molar-refractivity contribution in [2.75, 3.05) is 12.0 Å². The van der Waals surface area contributed by atoms with E-state index in [0.717, 1.165) is 4.90 Å². The summed E-state index contributed by atoms with van der Waals surface area (Å²) in [7, 11) is 0. The maximum atomic E-state index is 12.9. The number of fused-ring (bicyclic) bond motifs is 1. The van der Waals surface area contributed by atoms with Crippen LogP contribution in [-0.4, -0.2) is 40.7 Å². The molecule has 1 atom stereocenters. The molecule has 1 aliphatic heterocycles. The number of thioether (sulfide) groups is 1. The van der Waals surface area contributed by atoms with Gasteiger partial charge in [-0.25, -0.2) is 0 Å². The number of carbonyl (C=O) groups is 3. The van der Waals surface area contributed by atoms with Crippen LogP contribution in [0, 0.1) is 0 Å². The molecule has 146 valence electrons. The van der Waals surface area contributed by atoms with Crippen molar-refractivity contribution in [3.63, 3.8) is 0 Å². The first-order chi connectivity index (χ1) is 13.4. The maximum absolute atomic E-state index is 12.9. The topological polar surface area (TPSA) is 66.5 Å². The molecule has 1 aliphatic rings. The van der Waals surface area contributed by atoms with Crippen LogP contribution in [0.25, 0.3) is 0 Å². The van der Waals surface area contributed by atoms with Crippen LogP contribution in [0.4, 0.5) is 0 Å². The zero-order valence-electron chi connectivity index (χ0n) is 15.1.